The lowest BCUT2D eigenvalue weighted by atomic mass is 10.0. The van der Waals surface area contributed by atoms with E-state index in [4.69, 9.17) is 0 Å². The molecule has 0 unspecified atom stereocenters. The van der Waals surface area contributed by atoms with Crippen LogP contribution in [0.2, 0.25) is 0 Å². The Labute approximate surface area is 151 Å². The van der Waals surface area contributed by atoms with Crippen molar-refractivity contribution in [1.82, 2.24) is 0 Å². The molecule has 0 aliphatic rings. The van der Waals surface area contributed by atoms with Crippen LogP contribution in [0.3, 0.4) is 0 Å². The molecule has 0 amide bonds. The normalized spacial score (nSPS) is 11.0. The average molecular weight is 342 g/mol. The van der Waals surface area contributed by atoms with E-state index in [0.29, 0.717) is 0 Å². The number of hydrogen-bond acceptors (Lipinski definition) is 2. The lowest BCUT2D eigenvalue weighted by molar-refractivity contribution is -0.480. The molecule has 0 spiro atoms. The summed E-state index contributed by atoms with van der Waals surface area (Å²) in [6, 6.07) is 0. The molecule has 0 aromatic heterocycles. The van der Waals surface area contributed by atoms with Crippen LogP contribution in [-0.2, 0) is 0 Å². The van der Waals surface area contributed by atoms with Crippen molar-refractivity contribution in [2.45, 2.75) is 129 Å². The summed E-state index contributed by atoms with van der Waals surface area (Å²) in [5, 5.41) is 10.2. The van der Waals surface area contributed by atoms with E-state index >= 15 is 0 Å². The van der Waals surface area contributed by atoms with Gasteiger partial charge in [0, 0.05) is 11.3 Å². The second kappa shape index (κ2) is 20.4. The summed E-state index contributed by atoms with van der Waals surface area (Å²) in [6.45, 7) is 2.43. The molecule has 3 nitrogen and oxygen atoms in total. The SMILES string of the molecule is CCCCCCCCCCCCCCCCCCCCC[N+](=O)[O-]. The van der Waals surface area contributed by atoms with Crippen LogP contribution in [0.15, 0.2) is 0 Å². The molecule has 144 valence electrons. The maximum atomic E-state index is 10.2. The largest absolute Gasteiger partial charge is 0.265 e. The van der Waals surface area contributed by atoms with E-state index in [0.717, 1.165) is 12.8 Å². The molecule has 0 N–H and O–H groups in total. The lowest BCUT2D eigenvalue weighted by Crippen LogP contribution is -1.99. The zero-order chi connectivity index (χ0) is 17.7. The minimum absolute atomic E-state index is 0.152. The van der Waals surface area contributed by atoms with Gasteiger partial charge in [-0.3, -0.25) is 10.1 Å². The van der Waals surface area contributed by atoms with Crippen molar-refractivity contribution in [3.63, 3.8) is 0 Å². The quantitative estimate of drug-likeness (QED) is 0.129. The van der Waals surface area contributed by atoms with E-state index in [1.54, 1.807) is 0 Å². The molecule has 24 heavy (non-hydrogen) atoms. The Balaban J connectivity index is 2.97. The number of nitro groups is 1. The molecular weight excluding hydrogens is 298 g/mol. The second-order valence-corrected chi connectivity index (χ2v) is 7.42. The fourth-order valence-electron chi connectivity index (χ4n) is 3.32. The minimum Gasteiger partial charge on any atom is -0.265 e. The van der Waals surface area contributed by atoms with Crippen LogP contribution in [0.25, 0.3) is 0 Å². The van der Waals surface area contributed by atoms with E-state index < -0.39 is 0 Å². The molecule has 3 heteroatoms. The van der Waals surface area contributed by atoms with Crippen molar-refractivity contribution in [3.05, 3.63) is 10.1 Å². The first-order chi connectivity index (χ1) is 11.8. The highest BCUT2D eigenvalue weighted by molar-refractivity contribution is 4.50. The first-order valence-electron chi connectivity index (χ1n) is 10.9. The van der Waals surface area contributed by atoms with Gasteiger partial charge in [0.05, 0.1) is 0 Å². The molecule has 0 fully saturated rings. The maximum Gasteiger partial charge on any atom is 0.203 e. The summed E-state index contributed by atoms with van der Waals surface area (Å²) in [4.78, 5) is 9.99. The van der Waals surface area contributed by atoms with Gasteiger partial charge in [-0.05, 0) is 6.42 Å². The Morgan fingerprint density at radius 2 is 0.750 bits per heavy atom. The Hall–Kier alpha value is -0.600. The van der Waals surface area contributed by atoms with Gasteiger partial charge < -0.3 is 0 Å². The zero-order valence-electron chi connectivity index (χ0n) is 16.4. The maximum absolute atomic E-state index is 10.2. The van der Waals surface area contributed by atoms with Crippen molar-refractivity contribution in [2.75, 3.05) is 6.54 Å². The first kappa shape index (κ1) is 23.4. The third-order valence-electron chi connectivity index (χ3n) is 4.94. The van der Waals surface area contributed by atoms with Crippen LogP contribution < -0.4 is 0 Å². The summed E-state index contributed by atoms with van der Waals surface area (Å²) in [6.07, 6.45) is 25.4. The van der Waals surface area contributed by atoms with E-state index in [1.807, 2.05) is 0 Å². The fraction of sp³-hybridized carbons (Fsp3) is 1.00. The smallest absolute Gasteiger partial charge is 0.203 e. The van der Waals surface area contributed by atoms with E-state index in [2.05, 4.69) is 6.92 Å². The summed E-state index contributed by atoms with van der Waals surface area (Å²) in [5.74, 6) is 0. The van der Waals surface area contributed by atoms with Gasteiger partial charge in [0.1, 0.15) is 0 Å². The zero-order valence-corrected chi connectivity index (χ0v) is 16.4. The number of nitrogens with zero attached hydrogens (tertiary/aromatic N) is 1. The van der Waals surface area contributed by atoms with Gasteiger partial charge in [-0.1, -0.05) is 116 Å². The molecule has 0 atom stereocenters. The summed E-state index contributed by atoms with van der Waals surface area (Å²) in [5.41, 5.74) is 0. The van der Waals surface area contributed by atoms with Gasteiger partial charge >= 0.3 is 0 Å². The van der Waals surface area contributed by atoms with Gasteiger partial charge in [-0.2, -0.15) is 0 Å². The van der Waals surface area contributed by atoms with Crippen molar-refractivity contribution < 1.29 is 4.92 Å². The van der Waals surface area contributed by atoms with E-state index in [1.165, 1.54) is 109 Å². The van der Waals surface area contributed by atoms with Crippen molar-refractivity contribution in [3.8, 4) is 0 Å². The molecule has 0 aliphatic heterocycles. The Bertz CT molecular complexity index is 256. The molecule has 0 bridgehead atoms. The molecule has 0 saturated heterocycles. The standard InChI is InChI=1S/C21H43NO2/c1-2-3-4-5-6-7-8-9-10-11-12-13-14-15-16-17-18-19-20-21-22(23)24/h2-21H2,1H3. The van der Waals surface area contributed by atoms with Crippen LogP contribution in [-0.4, -0.2) is 11.5 Å². The summed E-state index contributed by atoms with van der Waals surface area (Å²) in [7, 11) is 0. The fourth-order valence-corrected chi connectivity index (χ4v) is 3.32. The van der Waals surface area contributed by atoms with Crippen molar-refractivity contribution in [1.29, 1.82) is 0 Å². The summed E-state index contributed by atoms with van der Waals surface area (Å²) >= 11 is 0. The van der Waals surface area contributed by atoms with Crippen LogP contribution in [0.4, 0.5) is 0 Å². The van der Waals surface area contributed by atoms with Crippen LogP contribution in [0, 0.1) is 10.1 Å². The molecule has 0 aliphatic carbocycles. The highest BCUT2D eigenvalue weighted by Crippen LogP contribution is 2.14. The van der Waals surface area contributed by atoms with Gasteiger partial charge in [0.15, 0.2) is 0 Å². The number of hydrogen-bond donors (Lipinski definition) is 0. The average Bonchev–Trinajstić information content (AvgIpc) is 2.56. The first-order valence-corrected chi connectivity index (χ1v) is 10.9. The molecule has 0 rings (SSSR count). The Morgan fingerprint density at radius 3 is 1.00 bits per heavy atom. The molecule has 0 heterocycles. The van der Waals surface area contributed by atoms with Crippen LogP contribution in [0.5, 0.6) is 0 Å². The van der Waals surface area contributed by atoms with Gasteiger partial charge in [-0.15, -0.1) is 0 Å². The third-order valence-corrected chi connectivity index (χ3v) is 4.94. The third kappa shape index (κ3) is 21.4. The van der Waals surface area contributed by atoms with Gasteiger partial charge in [0.2, 0.25) is 6.54 Å². The topological polar surface area (TPSA) is 43.1 Å². The Morgan fingerprint density at radius 1 is 0.500 bits per heavy atom. The Kier molecular flexibility index (Phi) is 19.9. The highest BCUT2D eigenvalue weighted by Gasteiger charge is 1.97. The van der Waals surface area contributed by atoms with Crippen molar-refractivity contribution >= 4 is 0 Å². The monoisotopic (exact) mass is 341 g/mol. The number of unbranched alkanes of at least 4 members (excludes halogenated alkanes) is 18. The van der Waals surface area contributed by atoms with Crippen molar-refractivity contribution in [2.24, 2.45) is 0 Å². The molecule has 0 saturated carbocycles. The lowest BCUT2D eigenvalue weighted by Gasteiger charge is -2.03. The van der Waals surface area contributed by atoms with E-state index in [9.17, 15) is 10.1 Å². The predicted molar refractivity (Wildman–Crippen MR) is 105 cm³/mol. The minimum atomic E-state index is -0.201. The molecule has 0 radical (unpaired) electrons. The predicted octanol–water partition coefficient (Wildman–Crippen LogP) is 7.69. The van der Waals surface area contributed by atoms with Crippen LogP contribution in [0.1, 0.15) is 129 Å². The number of rotatable bonds is 20. The molecule has 0 aromatic rings. The molecule has 0 aromatic carbocycles. The summed E-state index contributed by atoms with van der Waals surface area (Å²) < 4.78 is 0. The highest BCUT2D eigenvalue weighted by atomic mass is 16.6. The second-order valence-electron chi connectivity index (χ2n) is 7.42. The van der Waals surface area contributed by atoms with Gasteiger partial charge in [-0.25, -0.2) is 0 Å². The van der Waals surface area contributed by atoms with Crippen LogP contribution >= 0.6 is 0 Å². The molecular formula is C21H43NO2. The van der Waals surface area contributed by atoms with E-state index in [-0.39, 0.29) is 11.5 Å². The van der Waals surface area contributed by atoms with Gasteiger partial charge in [0.25, 0.3) is 0 Å².